The predicted molar refractivity (Wildman–Crippen MR) is 69.1 cm³/mol. The number of carboxylic acids is 1. The van der Waals surface area contributed by atoms with Crippen molar-refractivity contribution in [3.8, 4) is 0 Å². The van der Waals surface area contributed by atoms with Crippen LogP contribution in [0.3, 0.4) is 0 Å². The number of benzene rings is 1. The van der Waals surface area contributed by atoms with Crippen molar-refractivity contribution in [3.05, 3.63) is 29.8 Å². The molecule has 3 rings (SSSR count). The summed E-state index contributed by atoms with van der Waals surface area (Å²) in [6.07, 6.45) is 0. The number of carbonyl (C=O) groups excluding carboxylic acids is 1. The summed E-state index contributed by atoms with van der Waals surface area (Å²) in [6.45, 7) is 0. The van der Waals surface area contributed by atoms with Gasteiger partial charge in [0.15, 0.2) is 0 Å². The standard InChI is InChI=1S/C12H10N2O3S/c15-11-9-5-18-6-10(9)13-14(11)8-3-1-2-7(4-8)12(16)17/h1-4,9H,5-6H2,(H,16,17). The molecule has 5 nitrogen and oxygen atoms in total. The van der Waals surface area contributed by atoms with Crippen molar-refractivity contribution in [2.24, 2.45) is 11.0 Å². The zero-order valence-corrected chi connectivity index (χ0v) is 10.2. The number of amides is 1. The first-order valence-corrected chi connectivity index (χ1v) is 6.65. The normalized spacial score (nSPS) is 22.0. The molecule has 18 heavy (non-hydrogen) atoms. The van der Waals surface area contributed by atoms with Gasteiger partial charge in [0, 0.05) is 11.5 Å². The van der Waals surface area contributed by atoms with Crippen molar-refractivity contribution in [1.82, 2.24) is 0 Å². The molecule has 1 unspecified atom stereocenters. The maximum absolute atomic E-state index is 12.1. The Hall–Kier alpha value is -1.82. The van der Waals surface area contributed by atoms with Gasteiger partial charge in [-0.05, 0) is 18.2 Å². The van der Waals surface area contributed by atoms with Crippen molar-refractivity contribution < 1.29 is 14.7 Å². The maximum Gasteiger partial charge on any atom is 0.335 e. The van der Waals surface area contributed by atoms with Gasteiger partial charge in [0.25, 0.3) is 5.91 Å². The number of hydrogen-bond acceptors (Lipinski definition) is 4. The van der Waals surface area contributed by atoms with Crippen LogP contribution in [-0.2, 0) is 4.79 Å². The number of hydrogen-bond donors (Lipinski definition) is 1. The Morgan fingerprint density at radius 3 is 3.06 bits per heavy atom. The van der Waals surface area contributed by atoms with Gasteiger partial charge in [0.2, 0.25) is 0 Å². The van der Waals surface area contributed by atoms with Gasteiger partial charge >= 0.3 is 5.97 Å². The maximum atomic E-state index is 12.1. The summed E-state index contributed by atoms with van der Waals surface area (Å²) >= 11 is 1.70. The van der Waals surface area contributed by atoms with E-state index in [9.17, 15) is 9.59 Å². The lowest BCUT2D eigenvalue weighted by Gasteiger charge is -2.13. The van der Waals surface area contributed by atoms with Crippen LogP contribution in [0.4, 0.5) is 5.69 Å². The highest BCUT2D eigenvalue weighted by atomic mass is 32.2. The molecule has 92 valence electrons. The highest BCUT2D eigenvalue weighted by molar-refractivity contribution is 8.00. The minimum atomic E-state index is -1.01. The first kappa shape index (κ1) is 11.3. The second-order valence-corrected chi connectivity index (χ2v) is 5.19. The molecule has 1 saturated heterocycles. The lowest BCUT2D eigenvalue weighted by molar-refractivity contribution is -0.119. The monoisotopic (exact) mass is 262 g/mol. The number of fused-ring (bicyclic) bond motifs is 1. The summed E-state index contributed by atoms with van der Waals surface area (Å²) in [5.74, 6) is 0.367. The molecule has 0 radical (unpaired) electrons. The first-order valence-electron chi connectivity index (χ1n) is 5.49. The molecule has 1 amide bonds. The largest absolute Gasteiger partial charge is 0.478 e. The summed E-state index contributed by atoms with van der Waals surface area (Å²) in [7, 11) is 0. The van der Waals surface area contributed by atoms with Gasteiger partial charge in [-0.1, -0.05) is 6.07 Å². The van der Waals surface area contributed by atoms with Crippen LogP contribution in [0.2, 0.25) is 0 Å². The van der Waals surface area contributed by atoms with E-state index < -0.39 is 5.97 Å². The van der Waals surface area contributed by atoms with Crippen LogP contribution < -0.4 is 5.01 Å². The molecule has 2 aliphatic heterocycles. The zero-order chi connectivity index (χ0) is 12.7. The lowest BCUT2D eigenvalue weighted by atomic mass is 10.1. The number of nitrogens with zero attached hydrogens (tertiary/aromatic N) is 2. The SMILES string of the molecule is O=C(O)c1cccc(N2N=C3CSCC3C2=O)c1. The van der Waals surface area contributed by atoms with E-state index in [0.717, 1.165) is 17.2 Å². The summed E-state index contributed by atoms with van der Waals surface area (Å²) in [6, 6.07) is 6.28. The average molecular weight is 262 g/mol. The summed E-state index contributed by atoms with van der Waals surface area (Å²) in [5, 5.41) is 14.6. The van der Waals surface area contributed by atoms with E-state index in [2.05, 4.69) is 5.10 Å². The second kappa shape index (κ2) is 4.13. The molecule has 1 aromatic carbocycles. The minimum Gasteiger partial charge on any atom is -0.478 e. The van der Waals surface area contributed by atoms with Gasteiger partial charge in [0.05, 0.1) is 22.9 Å². The van der Waals surface area contributed by atoms with Crippen LogP contribution in [0.15, 0.2) is 29.4 Å². The summed E-state index contributed by atoms with van der Waals surface area (Å²) in [5.41, 5.74) is 1.57. The Morgan fingerprint density at radius 1 is 1.50 bits per heavy atom. The molecule has 0 aromatic heterocycles. The van der Waals surface area contributed by atoms with Gasteiger partial charge in [0.1, 0.15) is 0 Å². The first-order chi connectivity index (χ1) is 8.66. The molecule has 1 N–H and O–H groups in total. The van der Waals surface area contributed by atoms with E-state index in [1.54, 1.807) is 23.9 Å². The van der Waals surface area contributed by atoms with Crippen molar-refractivity contribution >= 4 is 35.0 Å². The summed E-state index contributed by atoms with van der Waals surface area (Å²) in [4.78, 5) is 23.0. The van der Waals surface area contributed by atoms with Crippen LogP contribution in [0.25, 0.3) is 0 Å². The highest BCUT2D eigenvalue weighted by Crippen LogP contribution is 2.32. The van der Waals surface area contributed by atoms with Gasteiger partial charge in [-0.3, -0.25) is 4.79 Å². The average Bonchev–Trinajstić information content (AvgIpc) is 2.93. The number of carboxylic acid groups (broad SMARTS) is 1. The third-order valence-electron chi connectivity index (χ3n) is 3.01. The topological polar surface area (TPSA) is 70.0 Å². The quantitative estimate of drug-likeness (QED) is 0.875. The smallest absolute Gasteiger partial charge is 0.335 e. The van der Waals surface area contributed by atoms with Crippen LogP contribution in [0, 0.1) is 5.92 Å². The van der Waals surface area contributed by atoms with Crippen molar-refractivity contribution in [2.45, 2.75) is 0 Å². The molecule has 2 aliphatic rings. The molecule has 1 fully saturated rings. The highest BCUT2D eigenvalue weighted by Gasteiger charge is 2.39. The Kier molecular flexibility index (Phi) is 2.59. The van der Waals surface area contributed by atoms with Gasteiger partial charge in [-0.15, -0.1) is 0 Å². The van der Waals surface area contributed by atoms with Gasteiger partial charge < -0.3 is 5.11 Å². The molecule has 2 heterocycles. The zero-order valence-electron chi connectivity index (χ0n) is 9.37. The Bertz CT molecular complexity index is 570. The third kappa shape index (κ3) is 1.69. The van der Waals surface area contributed by atoms with Gasteiger partial charge in [-0.2, -0.15) is 16.9 Å². The van der Waals surface area contributed by atoms with Crippen molar-refractivity contribution in [1.29, 1.82) is 0 Å². The number of anilines is 1. The molecule has 0 aliphatic carbocycles. The van der Waals surface area contributed by atoms with Crippen LogP contribution in [0.5, 0.6) is 0 Å². The van der Waals surface area contributed by atoms with E-state index in [1.807, 2.05) is 0 Å². The molecular formula is C12H10N2O3S. The molecule has 6 heteroatoms. The fourth-order valence-corrected chi connectivity index (χ4v) is 3.23. The fourth-order valence-electron chi connectivity index (χ4n) is 2.07. The number of hydrazone groups is 1. The Morgan fingerprint density at radius 2 is 2.33 bits per heavy atom. The van der Waals surface area contributed by atoms with E-state index in [0.29, 0.717) is 5.69 Å². The van der Waals surface area contributed by atoms with E-state index in [1.165, 1.54) is 17.1 Å². The molecule has 0 spiro atoms. The Balaban J connectivity index is 1.96. The number of carbonyl (C=O) groups is 2. The number of thioether (sulfide) groups is 1. The predicted octanol–water partition coefficient (Wildman–Crippen LogP) is 1.45. The second-order valence-electron chi connectivity index (χ2n) is 4.16. The van der Waals surface area contributed by atoms with E-state index >= 15 is 0 Å². The van der Waals surface area contributed by atoms with Crippen LogP contribution >= 0.6 is 11.8 Å². The number of rotatable bonds is 2. The number of aromatic carboxylic acids is 1. The summed E-state index contributed by atoms with van der Waals surface area (Å²) < 4.78 is 0. The molecule has 1 aromatic rings. The molecule has 1 atom stereocenters. The molecule has 0 bridgehead atoms. The van der Waals surface area contributed by atoms with Crippen LogP contribution in [0.1, 0.15) is 10.4 Å². The van der Waals surface area contributed by atoms with E-state index in [4.69, 9.17) is 5.11 Å². The molecular weight excluding hydrogens is 252 g/mol. The van der Waals surface area contributed by atoms with Crippen molar-refractivity contribution in [2.75, 3.05) is 16.5 Å². The Labute approximate surface area is 107 Å². The van der Waals surface area contributed by atoms with Crippen molar-refractivity contribution in [3.63, 3.8) is 0 Å². The fraction of sp³-hybridized carbons (Fsp3) is 0.250. The lowest BCUT2D eigenvalue weighted by Crippen LogP contribution is -2.27. The third-order valence-corrected chi connectivity index (χ3v) is 4.08. The van der Waals surface area contributed by atoms with E-state index in [-0.39, 0.29) is 17.4 Å². The minimum absolute atomic E-state index is 0.0578. The van der Waals surface area contributed by atoms with Crippen LogP contribution in [-0.4, -0.2) is 34.2 Å². The molecule has 0 saturated carbocycles. The van der Waals surface area contributed by atoms with Gasteiger partial charge in [-0.25, -0.2) is 9.80 Å².